The molecule has 0 saturated carbocycles. The Labute approximate surface area is 117 Å². The second-order valence-corrected chi connectivity index (χ2v) is 6.05. The summed E-state index contributed by atoms with van der Waals surface area (Å²) in [5, 5.41) is 4.38. The standard InChI is InChI=1S/C12H14ClN3O2S/c1-3-16-9(2)12(8-14-16)19(17,18)15-11-7-5-4-6-10(11)13/h4-8,15H,3H2,1-2H3. The molecule has 0 saturated heterocycles. The zero-order valence-corrected chi connectivity index (χ0v) is 12.2. The molecular weight excluding hydrogens is 286 g/mol. The summed E-state index contributed by atoms with van der Waals surface area (Å²) in [5.74, 6) is 0. The van der Waals surface area contributed by atoms with Crippen LogP contribution in [-0.4, -0.2) is 18.2 Å². The van der Waals surface area contributed by atoms with Crippen LogP contribution in [0.15, 0.2) is 35.4 Å². The van der Waals surface area contributed by atoms with Gasteiger partial charge in [-0.05, 0) is 26.0 Å². The number of aryl methyl sites for hydroxylation is 1. The van der Waals surface area contributed by atoms with E-state index in [1.165, 1.54) is 6.20 Å². The first-order valence-corrected chi connectivity index (χ1v) is 7.61. The third-order valence-corrected chi connectivity index (χ3v) is 4.56. The van der Waals surface area contributed by atoms with Crippen molar-refractivity contribution in [2.45, 2.75) is 25.3 Å². The van der Waals surface area contributed by atoms with Crippen LogP contribution in [-0.2, 0) is 16.6 Å². The highest BCUT2D eigenvalue weighted by atomic mass is 35.5. The molecule has 1 aromatic heterocycles. The molecule has 1 aromatic carbocycles. The number of anilines is 1. The summed E-state index contributed by atoms with van der Waals surface area (Å²) in [5.41, 5.74) is 0.954. The van der Waals surface area contributed by atoms with Crippen molar-refractivity contribution < 1.29 is 8.42 Å². The van der Waals surface area contributed by atoms with Crippen LogP contribution in [0.4, 0.5) is 5.69 Å². The van der Waals surface area contributed by atoms with Gasteiger partial charge in [0.2, 0.25) is 0 Å². The molecule has 1 heterocycles. The van der Waals surface area contributed by atoms with Gasteiger partial charge in [0.1, 0.15) is 4.90 Å². The number of nitrogens with one attached hydrogen (secondary N) is 1. The van der Waals surface area contributed by atoms with E-state index in [4.69, 9.17) is 11.6 Å². The van der Waals surface area contributed by atoms with Gasteiger partial charge in [-0.1, -0.05) is 23.7 Å². The number of halogens is 1. The molecule has 2 rings (SSSR count). The number of hydrogen-bond donors (Lipinski definition) is 1. The van der Waals surface area contributed by atoms with Crippen molar-refractivity contribution >= 4 is 27.3 Å². The van der Waals surface area contributed by atoms with Crippen molar-refractivity contribution in [3.63, 3.8) is 0 Å². The molecular formula is C12H14ClN3O2S. The molecule has 0 aliphatic carbocycles. The molecule has 0 bridgehead atoms. The summed E-state index contributed by atoms with van der Waals surface area (Å²) in [7, 11) is -3.67. The Bertz CT molecular complexity index is 695. The number of nitrogens with zero attached hydrogens (tertiary/aromatic N) is 2. The van der Waals surface area contributed by atoms with E-state index >= 15 is 0 Å². The van der Waals surface area contributed by atoms with Crippen LogP contribution in [0, 0.1) is 6.92 Å². The van der Waals surface area contributed by atoms with Crippen LogP contribution < -0.4 is 4.72 Å². The fraction of sp³-hybridized carbons (Fsp3) is 0.250. The molecule has 1 N–H and O–H groups in total. The average Bonchev–Trinajstić information content (AvgIpc) is 2.74. The van der Waals surface area contributed by atoms with E-state index in [0.29, 0.717) is 22.9 Å². The first-order chi connectivity index (χ1) is 8.95. The normalized spacial score (nSPS) is 11.5. The van der Waals surface area contributed by atoms with Gasteiger partial charge >= 0.3 is 0 Å². The Morgan fingerprint density at radius 2 is 2.05 bits per heavy atom. The van der Waals surface area contributed by atoms with Gasteiger partial charge in [0, 0.05) is 6.54 Å². The monoisotopic (exact) mass is 299 g/mol. The van der Waals surface area contributed by atoms with Crippen LogP contribution >= 0.6 is 11.6 Å². The van der Waals surface area contributed by atoms with Crippen molar-refractivity contribution in [1.29, 1.82) is 0 Å². The minimum absolute atomic E-state index is 0.161. The maximum atomic E-state index is 12.3. The maximum Gasteiger partial charge on any atom is 0.265 e. The number of rotatable bonds is 4. The van der Waals surface area contributed by atoms with Crippen molar-refractivity contribution in [2.75, 3.05) is 4.72 Å². The summed E-state index contributed by atoms with van der Waals surface area (Å²) in [6.45, 7) is 4.24. The molecule has 5 nitrogen and oxygen atoms in total. The maximum absolute atomic E-state index is 12.3. The third-order valence-electron chi connectivity index (χ3n) is 2.77. The van der Waals surface area contributed by atoms with Crippen LogP contribution in [0.3, 0.4) is 0 Å². The Kier molecular flexibility index (Phi) is 3.82. The predicted molar refractivity (Wildman–Crippen MR) is 74.9 cm³/mol. The largest absolute Gasteiger partial charge is 0.278 e. The molecule has 19 heavy (non-hydrogen) atoms. The Hall–Kier alpha value is -1.53. The molecule has 0 fully saturated rings. The molecule has 0 atom stereocenters. The van der Waals surface area contributed by atoms with Crippen molar-refractivity contribution in [1.82, 2.24) is 9.78 Å². The van der Waals surface area contributed by atoms with Crippen molar-refractivity contribution in [2.24, 2.45) is 0 Å². The number of para-hydroxylation sites is 1. The Morgan fingerprint density at radius 3 is 2.63 bits per heavy atom. The minimum atomic E-state index is -3.67. The fourth-order valence-electron chi connectivity index (χ4n) is 1.76. The van der Waals surface area contributed by atoms with Gasteiger partial charge in [-0.25, -0.2) is 8.42 Å². The second-order valence-electron chi connectivity index (χ2n) is 4.00. The van der Waals surface area contributed by atoms with Gasteiger partial charge in [-0.2, -0.15) is 5.10 Å². The van der Waals surface area contributed by atoms with Gasteiger partial charge in [0.05, 0.1) is 22.6 Å². The summed E-state index contributed by atoms with van der Waals surface area (Å²) in [6, 6.07) is 6.69. The highest BCUT2D eigenvalue weighted by molar-refractivity contribution is 7.92. The first-order valence-electron chi connectivity index (χ1n) is 5.75. The number of sulfonamides is 1. The van der Waals surface area contributed by atoms with Gasteiger partial charge in [0.15, 0.2) is 0 Å². The Balaban J connectivity index is 2.38. The average molecular weight is 300 g/mol. The lowest BCUT2D eigenvalue weighted by Crippen LogP contribution is -2.14. The van der Waals surface area contributed by atoms with Gasteiger partial charge in [-0.15, -0.1) is 0 Å². The summed E-state index contributed by atoms with van der Waals surface area (Å²) >= 11 is 5.94. The van der Waals surface area contributed by atoms with Gasteiger partial charge < -0.3 is 0 Å². The molecule has 0 aliphatic heterocycles. The van der Waals surface area contributed by atoms with Crippen LogP contribution in [0.25, 0.3) is 0 Å². The van der Waals surface area contributed by atoms with E-state index < -0.39 is 10.0 Å². The molecule has 0 radical (unpaired) electrons. The topological polar surface area (TPSA) is 64.0 Å². The summed E-state index contributed by atoms with van der Waals surface area (Å²) in [6.07, 6.45) is 1.35. The number of benzene rings is 1. The SMILES string of the molecule is CCn1ncc(S(=O)(=O)Nc2ccccc2Cl)c1C. The van der Waals surface area contributed by atoms with Crippen LogP contribution in [0.1, 0.15) is 12.6 Å². The summed E-state index contributed by atoms with van der Waals surface area (Å²) < 4.78 is 28.7. The fourth-order valence-corrected chi connectivity index (χ4v) is 3.25. The smallest absolute Gasteiger partial charge is 0.265 e. The minimum Gasteiger partial charge on any atom is -0.278 e. The second kappa shape index (κ2) is 5.22. The third kappa shape index (κ3) is 2.74. The van der Waals surface area contributed by atoms with Crippen molar-refractivity contribution in [3.05, 3.63) is 41.2 Å². The number of hydrogen-bond acceptors (Lipinski definition) is 3. The molecule has 0 unspecified atom stereocenters. The van der Waals surface area contributed by atoms with Gasteiger partial charge in [0.25, 0.3) is 10.0 Å². The van der Waals surface area contributed by atoms with E-state index in [1.807, 2.05) is 6.92 Å². The lowest BCUT2D eigenvalue weighted by Gasteiger charge is -2.09. The van der Waals surface area contributed by atoms with Gasteiger partial charge in [-0.3, -0.25) is 9.40 Å². The highest BCUT2D eigenvalue weighted by Gasteiger charge is 2.21. The molecule has 2 aromatic rings. The zero-order chi connectivity index (χ0) is 14.0. The van der Waals surface area contributed by atoms with E-state index in [0.717, 1.165) is 0 Å². The van der Waals surface area contributed by atoms with Crippen molar-refractivity contribution in [3.8, 4) is 0 Å². The lowest BCUT2D eigenvalue weighted by molar-refractivity contribution is 0.598. The van der Waals surface area contributed by atoms with E-state index in [-0.39, 0.29) is 4.90 Å². The first kappa shape index (κ1) is 13.9. The van der Waals surface area contributed by atoms with Crippen LogP contribution in [0.5, 0.6) is 0 Å². The molecule has 0 spiro atoms. The lowest BCUT2D eigenvalue weighted by atomic mass is 10.3. The molecule has 7 heteroatoms. The van der Waals surface area contributed by atoms with E-state index in [1.54, 1.807) is 35.9 Å². The molecule has 0 aliphatic rings. The molecule has 0 amide bonds. The predicted octanol–water partition coefficient (Wildman–Crippen LogP) is 2.67. The van der Waals surface area contributed by atoms with E-state index in [2.05, 4.69) is 9.82 Å². The highest BCUT2D eigenvalue weighted by Crippen LogP contribution is 2.24. The quantitative estimate of drug-likeness (QED) is 0.944. The Morgan fingerprint density at radius 1 is 1.37 bits per heavy atom. The zero-order valence-electron chi connectivity index (χ0n) is 10.6. The van der Waals surface area contributed by atoms with E-state index in [9.17, 15) is 8.42 Å². The van der Waals surface area contributed by atoms with Crippen LogP contribution in [0.2, 0.25) is 5.02 Å². The molecule has 102 valence electrons. The number of aromatic nitrogens is 2. The summed E-state index contributed by atoms with van der Waals surface area (Å²) in [4.78, 5) is 0.161.